The number of ether oxygens (including phenoxy) is 1. The van der Waals surface area contributed by atoms with Crippen LogP contribution >= 0.6 is 0 Å². The van der Waals surface area contributed by atoms with E-state index in [0.717, 1.165) is 5.56 Å². The minimum absolute atomic E-state index is 0.000808. The number of amides is 1. The van der Waals surface area contributed by atoms with Crippen LogP contribution in [0.1, 0.15) is 18.4 Å². The zero-order valence-corrected chi connectivity index (χ0v) is 10.1. The molecule has 1 aromatic carbocycles. The van der Waals surface area contributed by atoms with Crippen molar-refractivity contribution in [3.8, 4) is 0 Å². The lowest BCUT2D eigenvalue weighted by atomic mass is 9.96. The SMILES string of the molecule is COCC(=O)Nc1ccc(C2(C(=O)O)CC2)cc1. The van der Waals surface area contributed by atoms with Gasteiger partial charge >= 0.3 is 5.97 Å². The molecule has 0 radical (unpaired) electrons. The molecule has 2 rings (SSSR count). The summed E-state index contributed by atoms with van der Waals surface area (Å²) in [5.41, 5.74) is 0.733. The first-order valence-electron chi connectivity index (χ1n) is 5.71. The molecule has 0 heterocycles. The van der Waals surface area contributed by atoms with Crippen molar-refractivity contribution in [1.29, 1.82) is 0 Å². The topological polar surface area (TPSA) is 75.6 Å². The number of benzene rings is 1. The number of hydrogen-bond donors (Lipinski definition) is 2. The molecule has 96 valence electrons. The number of carbonyl (C=O) groups excluding carboxylic acids is 1. The van der Waals surface area contributed by atoms with Crippen LogP contribution in [0.15, 0.2) is 24.3 Å². The van der Waals surface area contributed by atoms with E-state index in [1.807, 2.05) is 0 Å². The van der Waals surface area contributed by atoms with Gasteiger partial charge in [0.25, 0.3) is 0 Å². The standard InChI is InChI=1S/C13H15NO4/c1-18-8-11(15)14-10-4-2-9(3-5-10)13(6-7-13)12(16)17/h2-5H,6-8H2,1H3,(H,14,15)(H,16,17). The maximum atomic E-state index is 11.3. The van der Waals surface area contributed by atoms with E-state index in [4.69, 9.17) is 9.84 Å². The number of carboxylic acid groups (broad SMARTS) is 1. The Labute approximate surface area is 105 Å². The zero-order chi connectivity index (χ0) is 13.2. The lowest BCUT2D eigenvalue weighted by molar-refractivity contribution is -0.140. The number of hydrogen-bond acceptors (Lipinski definition) is 3. The Morgan fingerprint density at radius 1 is 1.33 bits per heavy atom. The third-order valence-corrected chi connectivity index (χ3v) is 3.16. The van der Waals surface area contributed by atoms with Gasteiger partial charge in [-0.05, 0) is 30.5 Å². The molecule has 18 heavy (non-hydrogen) atoms. The van der Waals surface area contributed by atoms with Gasteiger partial charge in [0.2, 0.25) is 5.91 Å². The van der Waals surface area contributed by atoms with E-state index in [2.05, 4.69) is 5.32 Å². The monoisotopic (exact) mass is 249 g/mol. The van der Waals surface area contributed by atoms with Crippen molar-refractivity contribution >= 4 is 17.6 Å². The molecule has 1 amide bonds. The zero-order valence-electron chi connectivity index (χ0n) is 10.1. The molecule has 2 N–H and O–H groups in total. The second-order valence-corrected chi connectivity index (χ2v) is 4.45. The lowest BCUT2D eigenvalue weighted by Gasteiger charge is -2.11. The van der Waals surface area contributed by atoms with Crippen molar-refractivity contribution in [2.45, 2.75) is 18.3 Å². The van der Waals surface area contributed by atoms with Crippen LogP contribution in [-0.2, 0) is 19.7 Å². The number of methoxy groups -OCH3 is 1. The quantitative estimate of drug-likeness (QED) is 0.826. The highest BCUT2D eigenvalue weighted by molar-refractivity contribution is 5.92. The molecule has 0 saturated heterocycles. The Morgan fingerprint density at radius 3 is 2.39 bits per heavy atom. The van der Waals surface area contributed by atoms with E-state index in [1.54, 1.807) is 24.3 Å². The van der Waals surface area contributed by atoms with Crippen molar-refractivity contribution in [1.82, 2.24) is 0 Å². The average Bonchev–Trinajstić information content (AvgIpc) is 3.11. The predicted molar refractivity (Wildman–Crippen MR) is 65.5 cm³/mol. The Balaban J connectivity index is 2.07. The summed E-state index contributed by atoms with van der Waals surface area (Å²) in [6.07, 6.45) is 1.36. The van der Waals surface area contributed by atoms with Gasteiger partial charge in [-0.25, -0.2) is 0 Å². The lowest BCUT2D eigenvalue weighted by Crippen LogP contribution is -2.20. The van der Waals surface area contributed by atoms with Gasteiger partial charge in [0, 0.05) is 12.8 Å². The van der Waals surface area contributed by atoms with Crippen molar-refractivity contribution in [3.63, 3.8) is 0 Å². The van der Waals surface area contributed by atoms with Gasteiger partial charge in [0.05, 0.1) is 5.41 Å². The summed E-state index contributed by atoms with van der Waals surface area (Å²) >= 11 is 0. The maximum absolute atomic E-state index is 11.3. The summed E-state index contributed by atoms with van der Waals surface area (Å²) < 4.78 is 4.71. The first kappa shape index (κ1) is 12.6. The van der Waals surface area contributed by atoms with E-state index >= 15 is 0 Å². The minimum atomic E-state index is -0.779. The van der Waals surface area contributed by atoms with E-state index in [9.17, 15) is 9.59 Å². The fraction of sp³-hybridized carbons (Fsp3) is 0.385. The molecule has 1 aliphatic carbocycles. The van der Waals surface area contributed by atoms with E-state index in [0.29, 0.717) is 18.5 Å². The van der Waals surface area contributed by atoms with Crippen LogP contribution in [0.25, 0.3) is 0 Å². The molecule has 5 nitrogen and oxygen atoms in total. The normalized spacial score (nSPS) is 16.1. The number of carbonyl (C=O) groups is 2. The molecule has 0 spiro atoms. The number of nitrogens with one attached hydrogen (secondary N) is 1. The van der Waals surface area contributed by atoms with Gasteiger partial charge in [-0.2, -0.15) is 0 Å². The Morgan fingerprint density at radius 2 is 1.94 bits per heavy atom. The van der Waals surface area contributed by atoms with Crippen molar-refractivity contribution in [2.75, 3.05) is 19.0 Å². The predicted octanol–water partition coefficient (Wildman–Crippen LogP) is 1.39. The third-order valence-electron chi connectivity index (χ3n) is 3.16. The second kappa shape index (κ2) is 4.78. The first-order chi connectivity index (χ1) is 8.58. The molecule has 0 bridgehead atoms. The highest BCUT2D eigenvalue weighted by atomic mass is 16.5. The van der Waals surface area contributed by atoms with Crippen LogP contribution in [0.2, 0.25) is 0 Å². The summed E-state index contributed by atoms with van der Waals surface area (Å²) in [4.78, 5) is 22.4. The van der Waals surface area contributed by atoms with Gasteiger partial charge < -0.3 is 15.2 Å². The van der Waals surface area contributed by atoms with Crippen molar-refractivity contribution in [3.05, 3.63) is 29.8 Å². The molecule has 0 unspecified atom stereocenters. The summed E-state index contributed by atoms with van der Waals surface area (Å²) in [5, 5.41) is 11.8. The maximum Gasteiger partial charge on any atom is 0.314 e. The molecule has 1 fully saturated rings. The smallest absolute Gasteiger partial charge is 0.314 e. The highest BCUT2D eigenvalue weighted by Gasteiger charge is 2.51. The molecule has 1 aliphatic rings. The van der Waals surface area contributed by atoms with Crippen LogP contribution in [0, 0.1) is 0 Å². The third kappa shape index (κ3) is 2.36. The fourth-order valence-electron chi connectivity index (χ4n) is 1.95. The summed E-state index contributed by atoms with van der Waals surface area (Å²) in [7, 11) is 1.45. The largest absolute Gasteiger partial charge is 0.481 e. The van der Waals surface area contributed by atoms with Crippen LogP contribution in [0.3, 0.4) is 0 Å². The number of aliphatic carboxylic acids is 1. The van der Waals surface area contributed by atoms with Crippen LogP contribution in [0.5, 0.6) is 0 Å². The van der Waals surface area contributed by atoms with Gasteiger partial charge in [0.15, 0.2) is 0 Å². The first-order valence-corrected chi connectivity index (χ1v) is 5.71. The Bertz CT molecular complexity index is 462. The Kier molecular flexibility index (Phi) is 3.34. The number of anilines is 1. The van der Waals surface area contributed by atoms with E-state index in [-0.39, 0.29) is 12.5 Å². The van der Waals surface area contributed by atoms with Gasteiger partial charge in [-0.15, -0.1) is 0 Å². The highest BCUT2D eigenvalue weighted by Crippen LogP contribution is 2.48. The molecule has 1 saturated carbocycles. The molecular formula is C13H15NO4. The molecular weight excluding hydrogens is 234 g/mol. The second-order valence-electron chi connectivity index (χ2n) is 4.45. The van der Waals surface area contributed by atoms with Gasteiger partial charge in [0.1, 0.15) is 6.61 Å². The minimum Gasteiger partial charge on any atom is -0.481 e. The van der Waals surface area contributed by atoms with Crippen LogP contribution in [-0.4, -0.2) is 30.7 Å². The van der Waals surface area contributed by atoms with Crippen LogP contribution < -0.4 is 5.32 Å². The van der Waals surface area contributed by atoms with Gasteiger partial charge in [-0.3, -0.25) is 9.59 Å². The Hall–Kier alpha value is -1.88. The van der Waals surface area contributed by atoms with Crippen molar-refractivity contribution < 1.29 is 19.4 Å². The summed E-state index contributed by atoms with van der Waals surface area (Å²) in [5.74, 6) is -1.01. The summed E-state index contributed by atoms with van der Waals surface area (Å²) in [6.45, 7) is 0.000808. The molecule has 0 aromatic heterocycles. The average molecular weight is 249 g/mol. The number of rotatable bonds is 5. The summed E-state index contributed by atoms with van der Waals surface area (Å²) in [6, 6.07) is 6.94. The van der Waals surface area contributed by atoms with Crippen molar-refractivity contribution in [2.24, 2.45) is 0 Å². The molecule has 5 heteroatoms. The van der Waals surface area contributed by atoms with Gasteiger partial charge in [-0.1, -0.05) is 12.1 Å². The molecule has 0 atom stereocenters. The molecule has 1 aromatic rings. The van der Waals surface area contributed by atoms with E-state index in [1.165, 1.54) is 7.11 Å². The van der Waals surface area contributed by atoms with E-state index < -0.39 is 11.4 Å². The fourth-order valence-corrected chi connectivity index (χ4v) is 1.95. The van der Waals surface area contributed by atoms with Crippen LogP contribution in [0.4, 0.5) is 5.69 Å². The number of carboxylic acids is 1. The molecule has 0 aliphatic heterocycles.